The summed E-state index contributed by atoms with van der Waals surface area (Å²) in [7, 11) is 0. The van der Waals surface area contributed by atoms with Crippen molar-refractivity contribution < 1.29 is 43.2 Å². The van der Waals surface area contributed by atoms with E-state index in [2.05, 4.69) is 21.3 Å². The third-order valence-corrected chi connectivity index (χ3v) is 7.77. The average Bonchev–Trinajstić information content (AvgIpc) is 3.15. The molecule has 0 bridgehead atoms. The number of benzene rings is 3. The first-order chi connectivity index (χ1) is 24.5. The largest absolute Gasteiger partial charge is 0.452 e. The molecule has 4 rings (SSSR count). The van der Waals surface area contributed by atoms with Gasteiger partial charge in [0.25, 0.3) is 0 Å². The molecule has 0 aliphatic carbocycles. The highest BCUT2D eigenvalue weighted by Crippen LogP contribution is 2.31. The van der Waals surface area contributed by atoms with Crippen molar-refractivity contribution in [3.8, 4) is 0 Å². The van der Waals surface area contributed by atoms with Crippen LogP contribution in [-0.4, -0.2) is 119 Å². The van der Waals surface area contributed by atoms with E-state index in [0.29, 0.717) is 25.2 Å². The zero-order valence-electron chi connectivity index (χ0n) is 28.3. The molecule has 1 fully saturated rings. The van der Waals surface area contributed by atoms with Crippen molar-refractivity contribution in [3.63, 3.8) is 0 Å². The van der Waals surface area contributed by atoms with Crippen molar-refractivity contribution in [1.82, 2.24) is 21.3 Å². The molecule has 1 unspecified atom stereocenters. The van der Waals surface area contributed by atoms with Crippen molar-refractivity contribution in [2.45, 2.75) is 37.6 Å². The second kappa shape index (κ2) is 21.8. The van der Waals surface area contributed by atoms with Crippen molar-refractivity contribution in [2.24, 2.45) is 0 Å². The molecule has 1 aliphatic heterocycles. The van der Waals surface area contributed by atoms with Gasteiger partial charge >= 0.3 is 17.9 Å². The van der Waals surface area contributed by atoms with Crippen LogP contribution in [0, 0.1) is 0 Å². The van der Waals surface area contributed by atoms with Crippen molar-refractivity contribution in [2.75, 3.05) is 65.6 Å². The number of ether oxygens (including phenoxy) is 5. The van der Waals surface area contributed by atoms with Gasteiger partial charge in [0.05, 0.1) is 36.0 Å². The van der Waals surface area contributed by atoms with Gasteiger partial charge in [0.15, 0.2) is 24.6 Å². The molecule has 0 spiro atoms. The number of rotatable bonds is 21. The maximum absolute atomic E-state index is 13.4. The SMILES string of the molecule is C[C@H]1OC(OCCNCCNCCNCCNCCO)[C@H](OC(=O)c2ccccc2)[C@@H](OC(=O)c2ccccc2)[C@H]1OC(=O)c1ccccc1. The zero-order valence-corrected chi connectivity index (χ0v) is 28.3. The lowest BCUT2D eigenvalue weighted by Gasteiger charge is -2.43. The third kappa shape index (κ3) is 12.6. The Kier molecular flexibility index (Phi) is 16.8. The summed E-state index contributed by atoms with van der Waals surface area (Å²) >= 11 is 0. The Morgan fingerprint density at radius 3 is 1.38 bits per heavy atom. The van der Waals surface area contributed by atoms with Crippen LogP contribution in [-0.2, 0) is 23.7 Å². The van der Waals surface area contributed by atoms with Crippen LogP contribution in [0.4, 0.5) is 0 Å². The van der Waals surface area contributed by atoms with Crippen molar-refractivity contribution in [3.05, 3.63) is 108 Å². The molecule has 13 nitrogen and oxygen atoms in total. The molecule has 0 amide bonds. The molecule has 5 atom stereocenters. The van der Waals surface area contributed by atoms with Crippen molar-refractivity contribution in [1.29, 1.82) is 0 Å². The molecule has 270 valence electrons. The number of hydrogen-bond acceptors (Lipinski definition) is 13. The number of esters is 3. The van der Waals surface area contributed by atoms with Crippen molar-refractivity contribution >= 4 is 17.9 Å². The Hall–Kier alpha value is -4.21. The van der Waals surface area contributed by atoms with Gasteiger partial charge in [-0.2, -0.15) is 0 Å². The number of nitrogens with one attached hydrogen (secondary N) is 4. The highest BCUT2D eigenvalue weighted by atomic mass is 16.7. The van der Waals surface area contributed by atoms with E-state index in [1.165, 1.54) is 0 Å². The molecular weight excluding hydrogens is 644 g/mol. The van der Waals surface area contributed by atoms with Gasteiger partial charge in [-0.15, -0.1) is 0 Å². The summed E-state index contributed by atoms with van der Waals surface area (Å²) < 4.78 is 30.2. The molecule has 5 N–H and O–H groups in total. The summed E-state index contributed by atoms with van der Waals surface area (Å²) in [5.74, 6) is -2.02. The summed E-state index contributed by atoms with van der Waals surface area (Å²) in [5, 5.41) is 21.9. The number of hydrogen-bond donors (Lipinski definition) is 5. The maximum atomic E-state index is 13.4. The fourth-order valence-corrected chi connectivity index (χ4v) is 5.18. The molecule has 3 aromatic rings. The fraction of sp³-hybridized carbons (Fsp3) is 0.432. The minimum absolute atomic E-state index is 0.131. The predicted molar refractivity (Wildman–Crippen MR) is 186 cm³/mol. The Balaban J connectivity index is 1.41. The monoisotopic (exact) mass is 692 g/mol. The number of aliphatic hydroxyl groups excluding tert-OH is 1. The molecule has 0 radical (unpaired) electrons. The predicted octanol–water partition coefficient (Wildman–Crippen LogP) is 1.78. The molecule has 1 saturated heterocycles. The highest BCUT2D eigenvalue weighted by molar-refractivity contribution is 5.91. The van der Waals surface area contributed by atoms with E-state index < -0.39 is 48.6 Å². The lowest BCUT2D eigenvalue weighted by atomic mass is 9.98. The van der Waals surface area contributed by atoms with E-state index in [1.54, 1.807) is 97.9 Å². The summed E-state index contributed by atoms with van der Waals surface area (Å²) in [5.41, 5.74) is 0.847. The van der Waals surface area contributed by atoms with Gasteiger partial charge in [0.1, 0.15) is 0 Å². The first-order valence-corrected chi connectivity index (χ1v) is 17.0. The Bertz CT molecular complexity index is 1420. The molecule has 50 heavy (non-hydrogen) atoms. The van der Waals surface area contributed by atoms with Crippen LogP contribution in [0.1, 0.15) is 38.0 Å². The molecule has 1 aliphatic rings. The second-order valence-electron chi connectivity index (χ2n) is 11.5. The molecule has 1 heterocycles. The van der Waals surface area contributed by atoms with Crippen LogP contribution in [0.25, 0.3) is 0 Å². The van der Waals surface area contributed by atoms with E-state index in [9.17, 15) is 14.4 Å². The standard InChI is InChI=1S/C37H48N4O9/c1-27-31(48-34(43)28-11-5-2-6-12-28)32(49-35(44)29-13-7-3-8-14-29)33(50-36(45)30-15-9-4-10-16-30)37(47-27)46-26-24-41-22-20-39-18-17-38-19-21-40-23-25-42/h2-16,27,31-33,37-42H,17-26H2,1H3/t27-,31+,32+,33-,37?/m1/s1. The maximum Gasteiger partial charge on any atom is 0.338 e. The number of aliphatic hydroxyl groups is 1. The zero-order chi connectivity index (χ0) is 35.4. The van der Waals surface area contributed by atoms with Gasteiger partial charge in [0.2, 0.25) is 0 Å². The summed E-state index contributed by atoms with van der Waals surface area (Å²) in [6.45, 7) is 7.73. The molecular formula is C37H48N4O9. The number of carbonyl (C=O) groups excluding carboxylic acids is 3. The van der Waals surface area contributed by atoms with Crippen LogP contribution in [0.5, 0.6) is 0 Å². The average molecular weight is 693 g/mol. The van der Waals surface area contributed by atoms with Gasteiger partial charge in [-0.3, -0.25) is 0 Å². The topological polar surface area (TPSA) is 166 Å². The van der Waals surface area contributed by atoms with Gasteiger partial charge in [-0.1, -0.05) is 54.6 Å². The Morgan fingerprint density at radius 2 is 0.940 bits per heavy atom. The van der Waals surface area contributed by atoms with E-state index in [1.807, 2.05) is 0 Å². The van der Waals surface area contributed by atoms with E-state index in [-0.39, 0.29) is 24.3 Å². The fourth-order valence-electron chi connectivity index (χ4n) is 5.18. The molecule has 0 saturated carbocycles. The van der Waals surface area contributed by atoms with E-state index >= 15 is 0 Å². The smallest absolute Gasteiger partial charge is 0.338 e. The summed E-state index contributed by atoms with van der Waals surface area (Å²) in [6.07, 6.45) is -5.64. The van der Waals surface area contributed by atoms with E-state index in [0.717, 1.165) is 32.7 Å². The highest BCUT2D eigenvalue weighted by Gasteiger charge is 2.51. The third-order valence-electron chi connectivity index (χ3n) is 7.77. The molecule has 13 heteroatoms. The van der Waals surface area contributed by atoms with Gasteiger partial charge in [-0.05, 0) is 43.3 Å². The summed E-state index contributed by atoms with van der Waals surface area (Å²) in [6, 6.07) is 25.2. The first-order valence-electron chi connectivity index (χ1n) is 17.0. The first kappa shape index (κ1) is 38.6. The van der Waals surface area contributed by atoms with Gasteiger partial charge < -0.3 is 50.1 Å². The van der Waals surface area contributed by atoms with Crippen LogP contribution in [0.3, 0.4) is 0 Å². The Labute approximate surface area is 293 Å². The van der Waals surface area contributed by atoms with Gasteiger partial charge in [0, 0.05) is 52.4 Å². The van der Waals surface area contributed by atoms with Crippen LogP contribution >= 0.6 is 0 Å². The Morgan fingerprint density at radius 1 is 0.560 bits per heavy atom. The van der Waals surface area contributed by atoms with Gasteiger partial charge in [-0.25, -0.2) is 14.4 Å². The lowest BCUT2D eigenvalue weighted by molar-refractivity contribution is -0.290. The normalized spacial score (nSPS) is 20.2. The minimum Gasteiger partial charge on any atom is -0.452 e. The minimum atomic E-state index is -1.28. The van der Waals surface area contributed by atoms with Crippen LogP contribution < -0.4 is 21.3 Å². The number of carbonyl (C=O) groups is 3. The second-order valence-corrected chi connectivity index (χ2v) is 11.5. The van der Waals surface area contributed by atoms with Crippen LogP contribution in [0.15, 0.2) is 91.0 Å². The molecule has 0 aromatic heterocycles. The summed E-state index contributed by atoms with van der Waals surface area (Å²) in [4.78, 5) is 40.0. The van der Waals surface area contributed by atoms with Crippen LogP contribution in [0.2, 0.25) is 0 Å². The quantitative estimate of drug-likeness (QED) is 0.0624. The molecule has 3 aromatic carbocycles. The van der Waals surface area contributed by atoms with E-state index in [4.69, 9.17) is 28.8 Å². The lowest BCUT2D eigenvalue weighted by Crippen LogP contribution is -2.61.